The van der Waals surface area contributed by atoms with Gasteiger partial charge in [0.2, 0.25) is 5.88 Å². The smallest absolute Gasteiger partial charge is 0.437 e. The molecule has 0 radical (unpaired) electrons. The minimum absolute atomic E-state index is 0.188. The first-order chi connectivity index (χ1) is 14.8. The number of aromatic nitrogens is 3. The van der Waals surface area contributed by atoms with Gasteiger partial charge in [0.25, 0.3) is 5.91 Å². The Morgan fingerprint density at radius 3 is 2.41 bits per heavy atom. The molecular formula is C18H11ClF6N4O3. The predicted octanol–water partition coefficient (Wildman–Crippen LogP) is 5.43. The number of amides is 1. The molecule has 7 nitrogen and oxygen atoms in total. The molecule has 170 valence electrons. The second kappa shape index (κ2) is 8.57. The minimum Gasteiger partial charge on any atom is -0.437 e. The van der Waals surface area contributed by atoms with Crippen molar-refractivity contribution in [2.24, 2.45) is 7.05 Å². The van der Waals surface area contributed by atoms with Crippen molar-refractivity contribution in [3.05, 3.63) is 59.0 Å². The van der Waals surface area contributed by atoms with E-state index >= 15 is 0 Å². The number of nitrogens with zero attached hydrogens (tertiary/aromatic N) is 3. The molecule has 0 aliphatic heterocycles. The third-order valence-electron chi connectivity index (χ3n) is 3.73. The second-order valence-corrected chi connectivity index (χ2v) is 6.58. The number of hydrogen-bond donors (Lipinski definition) is 1. The Kier molecular flexibility index (Phi) is 6.21. The van der Waals surface area contributed by atoms with Gasteiger partial charge in [-0.2, -0.15) is 18.3 Å². The van der Waals surface area contributed by atoms with Crippen LogP contribution in [0.5, 0.6) is 17.4 Å². The molecule has 0 aliphatic rings. The summed E-state index contributed by atoms with van der Waals surface area (Å²) in [5.74, 6) is -2.49. The van der Waals surface area contributed by atoms with Gasteiger partial charge in [-0.3, -0.25) is 9.48 Å². The summed E-state index contributed by atoms with van der Waals surface area (Å²) in [5, 5.41) is 5.80. The molecule has 1 amide bonds. The van der Waals surface area contributed by atoms with Crippen LogP contribution in [0.15, 0.2) is 42.9 Å². The number of halogens is 7. The summed E-state index contributed by atoms with van der Waals surface area (Å²) in [6.45, 7) is 0. The highest BCUT2D eigenvalue weighted by Gasteiger charge is 2.33. The van der Waals surface area contributed by atoms with Gasteiger partial charge >= 0.3 is 12.5 Å². The number of nitrogens with one attached hydrogen (secondary N) is 1. The lowest BCUT2D eigenvalue weighted by Crippen LogP contribution is -2.17. The number of carbonyl (C=O) groups is 1. The molecule has 32 heavy (non-hydrogen) atoms. The first kappa shape index (κ1) is 23.2. The van der Waals surface area contributed by atoms with Crippen molar-refractivity contribution in [1.82, 2.24) is 14.8 Å². The molecule has 0 fully saturated rings. The first-order valence-corrected chi connectivity index (χ1v) is 8.80. The maximum atomic E-state index is 13.1. The zero-order valence-electron chi connectivity index (χ0n) is 15.8. The monoisotopic (exact) mass is 480 g/mol. The maximum Gasteiger partial charge on any atom is 0.573 e. The van der Waals surface area contributed by atoms with Crippen molar-refractivity contribution in [3.8, 4) is 17.4 Å². The number of hydrogen-bond acceptors (Lipinski definition) is 5. The van der Waals surface area contributed by atoms with Gasteiger partial charge in [0.05, 0.1) is 22.5 Å². The Balaban J connectivity index is 1.94. The van der Waals surface area contributed by atoms with Gasteiger partial charge in [-0.05, 0) is 18.2 Å². The van der Waals surface area contributed by atoms with Crippen LogP contribution in [0.25, 0.3) is 0 Å². The average Bonchev–Trinajstić information content (AvgIpc) is 3.06. The number of alkyl halides is 6. The third-order valence-corrected chi connectivity index (χ3v) is 4.02. The second-order valence-electron chi connectivity index (χ2n) is 6.17. The molecule has 0 aliphatic carbocycles. The van der Waals surface area contributed by atoms with E-state index < -0.39 is 41.2 Å². The summed E-state index contributed by atoms with van der Waals surface area (Å²) in [7, 11) is 1.56. The molecule has 14 heteroatoms. The summed E-state index contributed by atoms with van der Waals surface area (Å²) in [6, 6.07) is 3.15. The molecule has 3 rings (SSSR count). The van der Waals surface area contributed by atoms with Crippen molar-refractivity contribution in [2.75, 3.05) is 5.32 Å². The summed E-state index contributed by atoms with van der Waals surface area (Å²) < 4.78 is 86.7. The van der Waals surface area contributed by atoms with Crippen LogP contribution in [0.1, 0.15) is 15.9 Å². The Morgan fingerprint density at radius 1 is 1.12 bits per heavy atom. The van der Waals surface area contributed by atoms with Gasteiger partial charge in [0, 0.05) is 25.5 Å². The Morgan fingerprint density at radius 2 is 1.84 bits per heavy atom. The molecule has 0 saturated heterocycles. The van der Waals surface area contributed by atoms with Crippen LogP contribution in [0.4, 0.5) is 32.0 Å². The maximum absolute atomic E-state index is 13.1. The van der Waals surface area contributed by atoms with Crippen LogP contribution in [0.2, 0.25) is 5.02 Å². The highest BCUT2D eigenvalue weighted by atomic mass is 35.5. The topological polar surface area (TPSA) is 78.3 Å². The quantitative estimate of drug-likeness (QED) is 0.493. The zero-order valence-corrected chi connectivity index (χ0v) is 16.5. The molecule has 2 aromatic heterocycles. The summed E-state index contributed by atoms with van der Waals surface area (Å²) in [6.07, 6.45) is -6.67. The molecule has 3 aromatic rings. The van der Waals surface area contributed by atoms with E-state index in [1.807, 2.05) is 0 Å². The number of ether oxygens (including phenoxy) is 2. The standard InChI is InChI=1S/C18H11ClF6N4O3/c1-29-8-10(7-27-29)28-15(30)12-4-9(17(20,21)22)6-26-16(12)31-14-3-2-11(5-13(14)19)32-18(23,24)25/h2-8H,1H3,(H,28,30). The number of aryl methyl sites for hydroxylation is 1. The lowest BCUT2D eigenvalue weighted by atomic mass is 10.1. The lowest BCUT2D eigenvalue weighted by Gasteiger charge is -2.14. The van der Waals surface area contributed by atoms with Crippen molar-refractivity contribution >= 4 is 23.2 Å². The SMILES string of the molecule is Cn1cc(NC(=O)c2cc(C(F)(F)F)cnc2Oc2ccc(OC(F)(F)F)cc2Cl)cn1. The van der Waals surface area contributed by atoms with Gasteiger partial charge in [0.15, 0.2) is 0 Å². The summed E-state index contributed by atoms with van der Waals surface area (Å²) in [4.78, 5) is 16.1. The molecule has 0 saturated carbocycles. The highest BCUT2D eigenvalue weighted by Crippen LogP contribution is 2.37. The van der Waals surface area contributed by atoms with Gasteiger partial charge < -0.3 is 14.8 Å². The fourth-order valence-corrected chi connectivity index (χ4v) is 2.61. The molecule has 0 spiro atoms. The largest absolute Gasteiger partial charge is 0.573 e. The molecule has 1 aromatic carbocycles. The van der Waals surface area contributed by atoms with E-state index in [9.17, 15) is 31.1 Å². The van der Waals surface area contributed by atoms with E-state index in [0.717, 1.165) is 18.2 Å². The Bertz CT molecular complexity index is 1150. The Labute approximate surface area is 180 Å². The molecule has 0 bridgehead atoms. The van der Waals surface area contributed by atoms with Crippen LogP contribution >= 0.6 is 11.6 Å². The minimum atomic E-state index is -4.96. The van der Waals surface area contributed by atoms with Crippen molar-refractivity contribution in [1.29, 1.82) is 0 Å². The number of pyridine rings is 1. The van der Waals surface area contributed by atoms with E-state index in [4.69, 9.17) is 16.3 Å². The Hall–Kier alpha value is -3.48. The number of rotatable bonds is 5. The van der Waals surface area contributed by atoms with Crippen LogP contribution in [-0.4, -0.2) is 27.0 Å². The van der Waals surface area contributed by atoms with E-state index in [2.05, 4.69) is 20.1 Å². The van der Waals surface area contributed by atoms with Crippen LogP contribution in [0.3, 0.4) is 0 Å². The van der Waals surface area contributed by atoms with Crippen molar-refractivity contribution < 1.29 is 40.6 Å². The predicted molar refractivity (Wildman–Crippen MR) is 98.6 cm³/mol. The lowest BCUT2D eigenvalue weighted by molar-refractivity contribution is -0.274. The zero-order chi connectivity index (χ0) is 23.7. The molecular weight excluding hydrogens is 470 g/mol. The van der Waals surface area contributed by atoms with Crippen LogP contribution < -0.4 is 14.8 Å². The fourth-order valence-electron chi connectivity index (χ4n) is 2.40. The van der Waals surface area contributed by atoms with Gasteiger partial charge in [0.1, 0.15) is 17.1 Å². The number of benzene rings is 1. The highest BCUT2D eigenvalue weighted by molar-refractivity contribution is 6.32. The average molecular weight is 481 g/mol. The molecule has 0 unspecified atom stereocenters. The van der Waals surface area contributed by atoms with E-state index in [1.54, 1.807) is 7.05 Å². The first-order valence-electron chi connectivity index (χ1n) is 8.42. The van der Waals surface area contributed by atoms with Gasteiger partial charge in [-0.25, -0.2) is 4.98 Å². The molecule has 2 heterocycles. The van der Waals surface area contributed by atoms with Gasteiger partial charge in [-0.15, -0.1) is 13.2 Å². The van der Waals surface area contributed by atoms with Crippen molar-refractivity contribution in [2.45, 2.75) is 12.5 Å². The van der Waals surface area contributed by atoms with Gasteiger partial charge in [-0.1, -0.05) is 11.6 Å². The summed E-state index contributed by atoms with van der Waals surface area (Å²) >= 11 is 5.88. The van der Waals surface area contributed by atoms with E-state index in [1.165, 1.54) is 17.1 Å². The summed E-state index contributed by atoms with van der Waals surface area (Å²) in [5.41, 5.74) is -1.64. The van der Waals surface area contributed by atoms with Crippen LogP contribution in [-0.2, 0) is 13.2 Å². The van der Waals surface area contributed by atoms with E-state index in [-0.39, 0.29) is 16.5 Å². The normalized spacial score (nSPS) is 11.9. The molecule has 1 N–H and O–H groups in total. The molecule has 0 atom stereocenters. The fraction of sp³-hybridized carbons (Fsp3) is 0.167. The third kappa shape index (κ3) is 5.81. The van der Waals surface area contributed by atoms with E-state index in [0.29, 0.717) is 12.3 Å². The number of carbonyl (C=O) groups excluding carboxylic acids is 1. The van der Waals surface area contributed by atoms with Crippen molar-refractivity contribution in [3.63, 3.8) is 0 Å². The van der Waals surface area contributed by atoms with Crippen LogP contribution in [0, 0.1) is 0 Å². The number of anilines is 1.